The number of aryl methyl sites for hydroxylation is 2. The Hall–Kier alpha value is -2.98. The maximum Gasteiger partial charge on any atom is 0.173 e. The lowest BCUT2D eigenvalue weighted by molar-refractivity contribution is 0.102. The Balaban J connectivity index is 1.64. The number of aromatic nitrogens is 2. The average molecular weight is 385 g/mol. The summed E-state index contributed by atoms with van der Waals surface area (Å²) >= 11 is 1.45. The fourth-order valence-electron chi connectivity index (χ4n) is 3.33. The van der Waals surface area contributed by atoms with Crippen LogP contribution in [-0.2, 0) is 0 Å². The molecule has 1 aromatic heterocycles. The molecule has 3 nitrogen and oxygen atoms in total. The van der Waals surface area contributed by atoms with Gasteiger partial charge in [0.05, 0.1) is 5.75 Å². The van der Waals surface area contributed by atoms with Crippen LogP contribution in [0, 0.1) is 13.8 Å². The first kappa shape index (κ1) is 18.4. The molecule has 1 heterocycles. The van der Waals surface area contributed by atoms with E-state index in [0.29, 0.717) is 5.75 Å². The van der Waals surface area contributed by atoms with Crippen molar-refractivity contribution >= 4 is 28.3 Å². The van der Waals surface area contributed by atoms with Gasteiger partial charge in [0.25, 0.3) is 0 Å². The zero-order valence-electron chi connectivity index (χ0n) is 15.8. The Morgan fingerprint density at radius 3 is 2.32 bits per heavy atom. The smallest absolute Gasteiger partial charge is 0.173 e. The topological polar surface area (TPSA) is 42.9 Å². The molecule has 0 spiro atoms. The number of Topliss-reactive ketones (excluding diaryl/α,β-unsaturated/α-hetero) is 1. The van der Waals surface area contributed by atoms with Gasteiger partial charge in [-0.15, -0.1) is 10.2 Å². The van der Waals surface area contributed by atoms with Crippen molar-refractivity contribution in [2.75, 3.05) is 5.75 Å². The van der Waals surface area contributed by atoms with Crippen molar-refractivity contribution in [1.82, 2.24) is 10.2 Å². The van der Waals surface area contributed by atoms with Gasteiger partial charge in [-0.05, 0) is 19.4 Å². The van der Waals surface area contributed by atoms with Crippen LogP contribution in [-0.4, -0.2) is 21.7 Å². The molecular formula is C24H20N2OS. The van der Waals surface area contributed by atoms with Crippen LogP contribution in [0.25, 0.3) is 22.0 Å². The van der Waals surface area contributed by atoms with E-state index >= 15 is 0 Å². The Kier molecular flexibility index (Phi) is 5.22. The highest BCUT2D eigenvalue weighted by Crippen LogP contribution is 2.32. The fourth-order valence-corrected chi connectivity index (χ4v) is 4.19. The number of fused-ring (bicyclic) bond motifs is 1. The second-order valence-electron chi connectivity index (χ2n) is 6.80. The van der Waals surface area contributed by atoms with Crippen molar-refractivity contribution in [3.63, 3.8) is 0 Å². The number of hydrogen-bond donors (Lipinski definition) is 0. The zero-order valence-corrected chi connectivity index (χ0v) is 16.7. The van der Waals surface area contributed by atoms with E-state index in [0.717, 1.165) is 43.7 Å². The Labute approximate surface area is 168 Å². The van der Waals surface area contributed by atoms with E-state index < -0.39 is 0 Å². The van der Waals surface area contributed by atoms with Gasteiger partial charge in [0.15, 0.2) is 5.78 Å². The minimum atomic E-state index is 0.112. The third-order valence-electron chi connectivity index (χ3n) is 4.72. The summed E-state index contributed by atoms with van der Waals surface area (Å²) in [7, 11) is 0. The summed E-state index contributed by atoms with van der Waals surface area (Å²) in [6.45, 7) is 4.01. The Morgan fingerprint density at radius 1 is 0.857 bits per heavy atom. The minimum absolute atomic E-state index is 0.112. The number of carbonyl (C=O) groups excluding carboxylic acids is 1. The van der Waals surface area contributed by atoms with Gasteiger partial charge in [-0.1, -0.05) is 90.1 Å². The van der Waals surface area contributed by atoms with Crippen LogP contribution in [0.2, 0.25) is 0 Å². The lowest BCUT2D eigenvalue weighted by Crippen LogP contribution is -2.05. The van der Waals surface area contributed by atoms with Gasteiger partial charge in [-0.25, -0.2) is 0 Å². The van der Waals surface area contributed by atoms with Crippen molar-refractivity contribution in [3.05, 3.63) is 89.5 Å². The van der Waals surface area contributed by atoms with E-state index in [2.05, 4.69) is 16.3 Å². The van der Waals surface area contributed by atoms with Gasteiger partial charge in [0.1, 0.15) is 10.7 Å². The maximum absolute atomic E-state index is 12.7. The van der Waals surface area contributed by atoms with Crippen LogP contribution in [0.3, 0.4) is 0 Å². The summed E-state index contributed by atoms with van der Waals surface area (Å²) < 4.78 is 0. The summed E-state index contributed by atoms with van der Waals surface area (Å²) in [6, 6.07) is 24.1. The summed E-state index contributed by atoms with van der Waals surface area (Å²) in [5.41, 5.74) is 4.85. The van der Waals surface area contributed by atoms with Gasteiger partial charge in [0, 0.05) is 21.9 Å². The number of carbonyl (C=O) groups is 1. The molecule has 0 fully saturated rings. The number of rotatable bonds is 5. The first-order valence-electron chi connectivity index (χ1n) is 9.17. The average Bonchev–Trinajstić information content (AvgIpc) is 2.72. The largest absolute Gasteiger partial charge is 0.293 e. The van der Waals surface area contributed by atoms with E-state index in [-0.39, 0.29) is 5.78 Å². The quantitative estimate of drug-likeness (QED) is 0.318. The molecule has 138 valence electrons. The lowest BCUT2D eigenvalue weighted by atomic mass is 10.0. The van der Waals surface area contributed by atoms with Crippen molar-refractivity contribution in [2.45, 2.75) is 18.9 Å². The molecule has 0 unspecified atom stereocenters. The highest BCUT2D eigenvalue weighted by atomic mass is 32.2. The van der Waals surface area contributed by atoms with Crippen LogP contribution < -0.4 is 0 Å². The van der Waals surface area contributed by atoms with Gasteiger partial charge < -0.3 is 0 Å². The fraction of sp³-hybridized carbons (Fsp3) is 0.125. The third kappa shape index (κ3) is 3.69. The molecule has 0 N–H and O–H groups in total. The van der Waals surface area contributed by atoms with Crippen molar-refractivity contribution in [2.24, 2.45) is 0 Å². The summed E-state index contributed by atoms with van der Waals surface area (Å²) in [4.78, 5) is 12.7. The molecule has 0 bridgehead atoms. The molecule has 0 amide bonds. The molecule has 3 aromatic carbocycles. The summed E-state index contributed by atoms with van der Waals surface area (Å²) in [6.07, 6.45) is 0. The van der Waals surface area contributed by atoms with Gasteiger partial charge in [-0.2, -0.15) is 0 Å². The van der Waals surface area contributed by atoms with Crippen molar-refractivity contribution < 1.29 is 4.79 Å². The normalized spacial score (nSPS) is 10.9. The first-order valence-corrected chi connectivity index (χ1v) is 10.2. The molecule has 0 saturated heterocycles. The van der Waals surface area contributed by atoms with Crippen LogP contribution >= 0.6 is 11.8 Å². The molecule has 4 heteroatoms. The molecule has 0 aliphatic rings. The van der Waals surface area contributed by atoms with Crippen LogP contribution in [0.4, 0.5) is 0 Å². The standard InChI is InChI=1S/C24H20N2OS/c1-16-12-13-19(17(2)14-16)22(27)15-28-24-21-11-7-6-10-20(21)23(25-26-24)18-8-4-3-5-9-18/h3-14H,15H2,1-2H3. The van der Waals surface area contributed by atoms with Gasteiger partial charge in [-0.3, -0.25) is 4.79 Å². The lowest BCUT2D eigenvalue weighted by Gasteiger charge is -2.10. The molecule has 0 saturated carbocycles. The first-order chi connectivity index (χ1) is 13.6. The number of ketones is 1. The highest BCUT2D eigenvalue weighted by molar-refractivity contribution is 8.00. The summed E-state index contributed by atoms with van der Waals surface area (Å²) in [5, 5.41) is 11.8. The summed E-state index contributed by atoms with van der Waals surface area (Å²) in [5.74, 6) is 0.452. The van der Waals surface area contributed by atoms with Gasteiger partial charge >= 0.3 is 0 Å². The molecule has 0 atom stereocenters. The monoisotopic (exact) mass is 384 g/mol. The zero-order chi connectivity index (χ0) is 19.5. The van der Waals surface area contributed by atoms with Crippen molar-refractivity contribution in [1.29, 1.82) is 0 Å². The Morgan fingerprint density at radius 2 is 1.57 bits per heavy atom. The predicted molar refractivity (Wildman–Crippen MR) is 116 cm³/mol. The van der Waals surface area contributed by atoms with E-state index in [4.69, 9.17) is 0 Å². The van der Waals surface area contributed by atoms with Crippen LogP contribution in [0.5, 0.6) is 0 Å². The molecular weight excluding hydrogens is 364 g/mol. The molecule has 4 aromatic rings. The number of nitrogens with zero attached hydrogens (tertiary/aromatic N) is 2. The van der Waals surface area contributed by atoms with Crippen molar-refractivity contribution in [3.8, 4) is 11.3 Å². The SMILES string of the molecule is Cc1ccc(C(=O)CSc2nnc(-c3ccccc3)c3ccccc23)c(C)c1. The van der Waals surface area contributed by atoms with E-state index in [1.54, 1.807) is 0 Å². The second-order valence-corrected chi connectivity index (χ2v) is 7.76. The van der Waals surface area contributed by atoms with E-state index in [1.807, 2.05) is 80.6 Å². The molecule has 4 rings (SSSR count). The molecule has 0 aliphatic heterocycles. The van der Waals surface area contributed by atoms with Crippen LogP contribution in [0.1, 0.15) is 21.5 Å². The Bertz CT molecular complexity index is 1160. The molecule has 0 aliphatic carbocycles. The predicted octanol–water partition coefficient (Wildman–Crippen LogP) is 5.89. The second kappa shape index (κ2) is 7.95. The molecule has 0 radical (unpaired) electrons. The van der Waals surface area contributed by atoms with E-state index in [1.165, 1.54) is 11.8 Å². The minimum Gasteiger partial charge on any atom is -0.293 e. The number of hydrogen-bond acceptors (Lipinski definition) is 4. The number of benzene rings is 3. The third-order valence-corrected chi connectivity index (χ3v) is 5.70. The van der Waals surface area contributed by atoms with Gasteiger partial charge in [0.2, 0.25) is 0 Å². The number of thioether (sulfide) groups is 1. The van der Waals surface area contributed by atoms with E-state index in [9.17, 15) is 4.79 Å². The maximum atomic E-state index is 12.7. The highest BCUT2D eigenvalue weighted by Gasteiger charge is 2.14. The van der Waals surface area contributed by atoms with Crippen LogP contribution in [0.15, 0.2) is 77.8 Å². The molecule has 28 heavy (non-hydrogen) atoms.